The monoisotopic (exact) mass is 308 g/mol. The maximum absolute atomic E-state index is 12.3. The van der Waals surface area contributed by atoms with Crippen LogP contribution in [0.1, 0.15) is 36.0 Å². The van der Waals surface area contributed by atoms with E-state index < -0.39 is 12.1 Å². The topological polar surface area (TPSA) is 71.1 Å². The van der Waals surface area contributed by atoms with Gasteiger partial charge in [-0.2, -0.15) is 0 Å². The number of hydrogen-bond donors (Lipinski definition) is 0. The van der Waals surface area contributed by atoms with Gasteiger partial charge in [-0.25, -0.2) is 4.79 Å². The van der Waals surface area contributed by atoms with Crippen LogP contribution in [0.4, 0.5) is 0 Å². The molecule has 1 saturated carbocycles. The van der Waals surface area contributed by atoms with Crippen molar-refractivity contribution < 1.29 is 28.5 Å². The fourth-order valence-corrected chi connectivity index (χ4v) is 2.47. The minimum Gasteiger partial charge on any atom is -0.493 e. The van der Waals surface area contributed by atoms with Crippen molar-refractivity contribution in [3.8, 4) is 17.2 Å². The Morgan fingerprint density at radius 2 is 1.68 bits per heavy atom. The van der Waals surface area contributed by atoms with Crippen LogP contribution in [0.3, 0.4) is 0 Å². The van der Waals surface area contributed by atoms with E-state index in [2.05, 4.69) is 0 Å². The van der Waals surface area contributed by atoms with Gasteiger partial charge in [-0.15, -0.1) is 0 Å². The van der Waals surface area contributed by atoms with Gasteiger partial charge in [0.25, 0.3) is 0 Å². The first-order valence-corrected chi connectivity index (χ1v) is 7.14. The van der Waals surface area contributed by atoms with Crippen molar-refractivity contribution in [2.24, 2.45) is 0 Å². The molecule has 0 aliphatic heterocycles. The van der Waals surface area contributed by atoms with E-state index in [4.69, 9.17) is 18.9 Å². The number of esters is 1. The molecule has 0 spiro atoms. The summed E-state index contributed by atoms with van der Waals surface area (Å²) >= 11 is 0. The van der Waals surface area contributed by atoms with Crippen molar-refractivity contribution in [3.05, 3.63) is 17.7 Å². The summed E-state index contributed by atoms with van der Waals surface area (Å²) in [7, 11) is 4.42. The molecular formula is C16H20O6. The minimum atomic E-state index is -0.652. The van der Waals surface area contributed by atoms with Gasteiger partial charge in [-0.3, -0.25) is 4.79 Å². The molecule has 22 heavy (non-hydrogen) atoms. The average molecular weight is 308 g/mol. The number of methoxy groups -OCH3 is 3. The predicted octanol–water partition coefficient (Wildman–Crippen LogP) is 2.38. The molecule has 6 heteroatoms. The minimum absolute atomic E-state index is 0.0213. The van der Waals surface area contributed by atoms with Crippen molar-refractivity contribution in [1.29, 1.82) is 0 Å². The number of ether oxygens (including phenoxy) is 4. The Labute approximate surface area is 129 Å². The van der Waals surface area contributed by atoms with Crippen molar-refractivity contribution in [2.75, 3.05) is 21.3 Å². The molecule has 1 aliphatic carbocycles. The first kappa shape index (κ1) is 16.1. The number of carbonyl (C=O) groups is 2. The number of carbonyl (C=O) groups excluding carboxylic acids is 2. The van der Waals surface area contributed by atoms with Gasteiger partial charge < -0.3 is 18.9 Å². The molecule has 1 fully saturated rings. The Balaban J connectivity index is 2.23. The highest BCUT2D eigenvalue weighted by Crippen LogP contribution is 2.38. The molecule has 1 aromatic rings. The summed E-state index contributed by atoms with van der Waals surface area (Å²) in [5.74, 6) is 0.536. The zero-order chi connectivity index (χ0) is 16.1. The Hall–Kier alpha value is -2.24. The second-order valence-electron chi connectivity index (χ2n) is 5.02. The van der Waals surface area contributed by atoms with E-state index in [1.165, 1.54) is 33.5 Å². The number of ketones is 1. The van der Waals surface area contributed by atoms with Gasteiger partial charge in [0, 0.05) is 6.42 Å². The lowest BCUT2D eigenvalue weighted by molar-refractivity contribution is -0.129. The number of rotatable bonds is 5. The molecule has 2 rings (SSSR count). The van der Waals surface area contributed by atoms with Gasteiger partial charge in [0.05, 0.1) is 26.9 Å². The summed E-state index contributed by atoms with van der Waals surface area (Å²) < 4.78 is 20.9. The maximum atomic E-state index is 12.3. The molecule has 1 aliphatic rings. The second kappa shape index (κ2) is 7.15. The third-order valence-electron chi connectivity index (χ3n) is 3.65. The summed E-state index contributed by atoms with van der Waals surface area (Å²) in [6.45, 7) is 0. The Bertz CT molecular complexity index is 541. The molecule has 0 unspecified atom stereocenters. The molecule has 0 radical (unpaired) electrons. The quantitative estimate of drug-likeness (QED) is 0.778. The van der Waals surface area contributed by atoms with Crippen LogP contribution >= 0.6 is 0 Å². The lowest BCUT2D eigenvalue weighted by Gasteiger charge is -2.21. The molecule has 0 N–H and O–H groups in total. The van der Waals surface area contributed by atoms with E-state index in [0.717, 1.165) is 12.8 Å². The Morgan fingerprint density at radius 1 is 1.05 bits per heavy atom. The number of benzene rings is 1. The lowest BCUT2D eigenvalue weighted by atomic mass is 9.96. The lowest BCUT2D eigenvalue weighted by Crippen LogP contribution is -2.30. The predicted molar refractivity (Wildman–Crippen MR) is 78.8 cm³/mol. The number of Topliss-reactive ketones (excluding diaryl/α,β-unsaturated/α-hetero) is 1. The molecule has 1 atom stereocenters. The van der Waals surface area contributed by atoms with Crippen LogP contribution in [0.5, 0.6) is 17.2 Å². The smallest absolute Gasteiger partial charge is 0.339 e. The third kappa shape index (κ3) is 3.32. The summed E-state index contributed by atoms with van der Waals surface area (Å²) in [5, 5.41) is 0. The summed E-state index contributed by atoms with van der Waals surface area (Å²) in [6, 6.07) is 3.02. The molecule has 1 aromatic carbocycles. The summed E-state index contributed by atoms with van der Waals surface area (Å²) in [6.07, 6.45) is 2.14. The molecule has 120 valence electrons. The standard InChI is InChI=1S/C16H20O6/c1-19-13-8-10(9-14(20-2)15(13)21-3)16(18)22-12-7-5-4-6-11(12)17/h8-9,12H,4-7H2,1-3H3/t12-/m1/s1. The molecule has 0 heterocycles. The van der Waals surface area contributed by atoms with Gasteiger partial charge in [-0.1, -0.05) is 0 Å². The van der Waals surface area contributed by atoms with Crippen LogP contribution in [-0.2, 0) is 9.53 Å². The first-order chi connectivity index (χ1) is 10.6. The average Bonchev–Trinajstić information content (AvgIpc) is 2.55. The molecule has 0 amide bonds. The van der Waals surface area contributed by atoms with E-state index in [0.29, 0.717) is 30.1 Å². The van der Waals surface area contributed by atoms with Gasteiger partial charge in [0.15, 0.2) is 23.4 Å². The van der Waals surface area contributed by atoms with Gasteiger partial charge in [0.1, 0.15) is 0 Å². The van der Waals surface area contributed by atoms with E-state index in [1.54, 1.807) is 0 Å². The highest BCUT2D eigenvalue weighted by Gasteiger charge is 2.27. The SMILES string of the molecule is COc1cc(C(=O)O[C@@H]2CCCCC2=O)cc(OC)c1OC. The van der Waals surface area contributed by atoms with E-state index in [-0.39, 0.29) is 11.3 Å². The van der Waals surface area contributed by atoms with Gasteiger partial charge in [-0.05, 0) is 31.4 Å². The Morgan fingerprint density at radius 3 is 2.18 bits per heavy atom. The molecular weight excluding hydrogens is 288 g/mol. The van der Waals surface area contributed by atoms with E-state index in [1.807, 2.05) is 0 Å². The fourth-order valence-electron chi connectivity index (χ4n) is 2.47. The van der Waals surface area contributed by atoms with E-state index in [9.17, 15) is 9.59 Å². The highest BCUT2D eigenvalue weighted by molar-refractivity contribution is 5.94. The van der Waals surface area contributed by atoms with Crippen LogP contribution < -0.4 is 14.2 Å². The molecule has 0 saturated heterocycles. The van der Waals surface area contributed by atoms with Crippen LogP contribution in [0.15, 0.2) is 12.1 Å². The van der Waals surface area contributed by atoms with Gasteiger partial charge in [0.2, 0.25) is 5.75 Å². The number of hydrogen-bond acceptors (Lipinski definition) is 6. The van der Waals surface area contributed by atoms with Crippen LogP contribution in [-0.4, -0.2) is 39.2 Å². The zero-order valence-electron chi connectivity index (χ0n) is 13.0. The molecule has 0 aromatic heterocycles. The van der Waals surface area contributed by atoms with Crippen LogP contribution in [0, 0.1) is 0 Å². The maximum Gasteiger partial charge on any atom is 0.339 e. The zero-order valence-corrected chi connectivity index (χ0v) is 13.0. The molecule has 6 nitrogen and oxygen atoms in total. The summed E-state index contributed by atoms with van der Waals surface area (Å²) in [4.78, 5) is 24.0. The first-order valence-electron chi connectivity index (χ1n) is 7.14. The van der Waals surface area contributed by atoms with Crippen molar-refractivity contribution in [1.82, 2.24) is 0 Å². The second-order valence-corrected chi connectivity index (χ2v) is 5.02. The van der Waals surface area contributed by atoms with Crippen molar-refractivity contribution >= 4 is 11.8 Å². The van der Waals surface area contributed by atoms with Crippen LogP contribution in [0.2, 0.25) is 0 Å². The summed E-state index contributed by atoms with van der Waals surface area (Å²) in [5.41, 5.74) is 0.257. The third-order valence-corrected chi connectivity index (χ3v) is 3.65. The van der Waals surface area contributed by atoms with Crippen molar-refractivity contribution in [2.45, 2.75) is 31.8 Å². The largest absolute Gasteiger partial charge is 0.493 e. The van der Waals surface area contributed by atoms with E-state index >= 15 is 0 Å². The normalized spacial score (nSPS) is 17.8. The highest BCUT2D eigenvalue weighted by atomic mass is 16.5. The Kier molecular flexibility index (Phi) is 5.25. The fraction of sp³-hybridized carbons (Fsp3) is 0.500. The molecule has 0 bridgehead atoms. The van der Waals surface area contributed by atoms with Gasteiger partial charge >= 0.3 is 5.97 Å². The van der Waals surface area contributed by atoms with Crippen LogP contribution in [0.25, 0.3) is 0 Å². The van der Waals surface area contributed by atoms with Crippen molar-refractivity contribution in [3.63, 3.8) is 0 Å².